The van der Waals surface area contributed by atoms with Gasteiger partial charge in [-0.1, -0.05) is 20.8 Å². The van der Waals surface area contributed by atoms with Gasteiger partial charge >= 0.3 is 0 Å². The fourth-order valence-electron chi connectivity index (χ4n) is 2.87. The van der Waals surface area contributed by atoms with Gasteiger partial charge in [0.15, 0.2) is 0 Å². The zero-order valence-corrected chi connectivity index (χ0v) is 10.7. The maximum absolute atomic E-state index is 11.1. The molecule has 0 heterocycles. The van der Waals surface area contributed by atoms with Gasteiger partial charge in [-0.25, -0.2) is 0 Å². The lowest BCUT2D eigenvalue weighted by molar-refractivity contribution is -0.117. The van der Waals surface area contributed by atoms with Gasteiger partial charge in [0.1, 0.15) is 5.78 Å². The molecule has 1 saturated carbocycles. The van der Waals surface area contributed by atoms with Crippen LogP contribution in [0.15, 0.2) is 0 Å². The maximum atomic E-state index is 11.1. The molecule has 2 heteroatoms. The van der Waals surface area contributed by atoms with E-state index in [0.29, 0.717) is 17.7 Å². The molecule has 15 heavy (non-hydrogen) atoms. The topological polar surface area (TPSA) is 29.1 Å². The minimum Gasteiger partial charge on any atom is -0.317 e. The van der Waals surface area contributed by atoms with Crippen LogP contribution >= 0.6 is 0 Å². The van der Waals surface area contributed by atoms with Crippen molar-refractivity contribution in [2.24, 2.45) is 23.7 Å². The van der Waals surface area contributed by atoms with Crippen LogP contribution in [0.2, 0.25) is 0 Å². The molecule has 1 N–H and O–H groups in total. The quantitative estimate of drug-likeness (QED) is 0.731. The second kappa shape index (κ2) is 5.11. The van der Waals surface area contributed by atoms with Crippen molar-refractivity contribution in [1.29, 1.82) is 0 Å². The summed E-state index contributed by atoms with van der Waals surface area (Å²) in [6.07, 6.45) is 2.00. The van der Waals surface area contributed by atoms with Crippen molar-refractivity contribution < 1.29 is 4.79 Å². The van der Waals surface area contributed by atoms with Crippen molar-refractivity contribution in [2.45, 2.75) is 46.6 Å². The van der Waals surface area contributed by atoms with Gasteiger partial charge in [-0.2, -0.15) is 0 Å². The Morgan fingerprint density at radius 1 is 1.40 bits per heavy atom. The summed E-state index contributed by atoms with van der Waals surface area (Å²) in [7, 11) is 2.04. The lowest BCUT2D eigenvalue weighted by atomic mass is 9.98. The van der Waals surface area contributed by atoms with Crippen molar-refractivity contribution in [1.82, 2.24) is 5.32 Å². The smallest absolute Gasteiger partial charge is 0.130 e. The summed E-state index contributed by atoms with van der Waals surface area (Å²) in [5.41, 5.74) is 0. The number of hydrogen-bond acceptors (Lipinski definition) is 2. The van der Waals surface area contributed by atoms with E-state index in [9.17, 15) is 4.79 Å². The molecule has 0 aliphatic heterocycles. The number of carbonyl (C=O) groups excluding carboxylic acids is 1. The Morgan fingerprint density at radius 3 is 2.40 bits per heavy atom. The average molecular weight is 211 g/mol. The third-order valence-electron chi connectivity index (χ3n) is 3.72. The normalized spacial score (nSPS) is 31.7. The molecule has 2 nitrogen and oxygen atoms in total. The summed E-state index contributed by atoms with van der Waals surface area (Å²) < 4.78 is 0. The van der Waals surface area contributed by atoms with Gasteiger partial charge in [0.05, 0.1) is 0 Å². The molecule has 1 aliphatic carbocycles. The fraction of sp³-hybridized carbons (Fsp3) is 0.923. The Hall–Kier alpha value is -0.370. The zero-order valence-electron chi connectivity index (χ0n) is 10.7. The first kappa shape index (κ1) is 12.7. The monoisotopic (exact) mass is 211 g/mol. The van der Waals surface area contributed by atoms with E-state index in [4.69, 9.17) is 0 Å². The highest BCUT2D eigenvalue weighted by Gasteiger charge is 2.50. The van der Waals surface area contributed by atoms with Crippen LogP contribution in [-0.4, -0.2) is 18.9 Å². The zero-order chi connectivity index (χ0) is 11.6. The van der Waals surface area contributed by atoms with Crippen molar-refractivity contribution in [2.75, 3.05) is 7.05 Å². The van der Waals surface area contributed by atoms with E-state index < -0.39 is 0 Å². The van der Waals surface area contributed by atoms with Crippen LogP contribution in [0.25, 0.3) is 0 Å². The summed E-state index contributed by atoms with van der Waals surface area (Å²) in [4.78, 5) is 11.1. The van der Waals surface area contributed by atoms with Gasteiger partial charge in [-0.05, 0) is 44.1 Å². The molecule has 0 amide bonds. The van der Waals surface area contributed by atoms with Crippen LogP contribution in [0.3, 0.4) is 0 Å². The number of nitrogens with one attached hydrogen (secondary N) is 1. The fourth-order valence-corrected chi connectivity index (χ4v) is 2.87. The third-order valence-corrected chi connectivity index (χ3v) is 3.72. The first-order valence-electron chi connectivity index (χ1n) is 6.14. The molecule has 1 fully saturated rings. The van der Waals surface area contributed by atoms with Crippen LogP contribution in [0.4, 0.5) is 0 Å². The first-order chi connectivity index (χ1) is 6.97. The Bertz CT molecular complexity index is 225. The first-order valence-corrected chi connectivity index (χ1v) is 6.14. The van der Waals surface area contributed by atoms with E-state index in [1.807, 2.05) is 7.05 Å². The third kappa shape index (κ3) is 3.30. The van der Waals surface area contributed by atoms with E-state index >= 15 is 0 Å². The number of carbonyl (C=O) groups is 1. The second-order valence-electron chi connectivity index (χ2n) is 5.53. The molecule has 0 aromatic carbocycles. The van der Waals surface area contributed by atoms with Gasteiger partial charge in [0.2, 0.25) is 0 Å². The number of hydrogen-bond donors (Lipinski definition) is 1. The van der Waals surface area contributed by atoms with Gasteiger partial charge in [-0.3, -0.25) is 0 Å². The minimum atomic E-state index is 0.341. The lowest BCUT2D eigenvalue weighted by Gasteiger charge is -2.18. The molecule has 0 saturated heterocycles. The summed E-state index contributed by atoms with van der Waals surface area (Å²) >= 11 is 0. The van der Waals surface area contributed by atoms with Gasteiger partial charge in [0.25, 0.3) is 0 Å². The van der Waals surface area contributed by atoms with Gasteiger partial charge in [0, 0.05) is 12.5 Å². The highest BCUT2D eigenvalue weighted by Crippen LogP contribution is 2.51. The molecule has 1 rings (SSSR count). The Labute approximate surface area is 93.8 Å². The molecule has 4 atom stereocenters. The maximum Gasteiger partial charge on any atom is 0.130 e. The molecule has 0 radical (unpaired) electrons. The van der Waals surface area contributed by atoms with Crippen LogP contribution in [0.5, 0.6) is 0 Å². The van der Waals surface area contributed by atoms with Crippen molar-refractivity contribution in [3.8, 4) is 0 Å². The van der Waals surface area contributed by atoms with E-state index in [0.717, 1.165) is 24.2 Å². The predicted octanol–water partition coefficient (Wildman–Crippen LogP) is 2.48. The lowest BCUT2D eigenvalue weighted by Crippen LogP contribution is -2.30. The van der Waals surface area contributed by atoms with Crippen molar-refractivity contribution in [3.05, 3.63) is 0 Å². The van der Waals surface area contributed by atoms with Crippen molar-refractivity contribution >= 4 is 5.78 Å². The van der Waals surface area contributed by atoms with Crippen molar-refractivity contribution in [3.63, 3.8) is 0 Å². The van der Waals surface area contributed by atoms with E-state index in [1.54, 1.807) is 6.92 Å². The molecule has 0 aromatic rings. The standard InChI is InChI=1S/C13H25NO/c1-8(2)6-12(14-5)13-10(4)11(13)7-9(3)15/h8,10-14H,6-7H2,1-5H3/t10-,11+,12+,13-/m0/s1. The Morgan fingerprint density at radius 2 is 2.00 bits per heavy atom. The minimum absolute atomic E-state index is 0.341. The predicted molar refractivity (Wildman–Crippen MR) is 63.7 cm³/mol. The number of Topliss-reactive ketones (excluding diaryl/α,β-unsaturated/α-hetero) is 1. The van der Waals surface area contributed by atoms with E-state index in [1.165, 1.54) is 6.42 Å². The van der Waals surface area contributed by atoms with Gasteiger partial charge in [-0.15, -0.1) is 0 Å². The summed E-state index contributed by atoms with van der Waals surface area (Å²) in [5.74, 6) is 3.16. The molecular weight excluding hydrogens is 186 g/mol. The van der Waals surface area contributed by atoms with Crippen LogP contribution in [0.1, 0.15) is 40.5 Å². The largest absolute Gasteiger partial charge is 0.317 e. The summed E-state index contributed by atoms with van der Waals surface area (Å²) in [6, 6.07) is 0.601. The average Bonchev–Trinajstić information content (AvgIpc) is 2.71. The van der Waals surface area contributed by atoms with E-state index in [-0.39, 0.29) is 0 Å². The second-order valence-corrected chi connectivity index (χ2v) is 5.53. The van der Waals surface area contributed by atoms with E-state index in [2.05, 4.69) is 26.1 Å². The molecule has 0 aromatic heterocycles. The van der Waals surface area contributed by atoms with Crippen LogP contribution < -0.4 is 5.32 Å². The van der Waals surface area contributed by atoms with Gasteiger partial charge < -0.3 is 10.1 Å². The van der Waals surface area contributed by atoms with Crippen LogP contribution in [-0.2, 0) is 4.79 Å². The molecule has 0 bridgehead atoms. The molecular formula is C13H25NO. The Balaban J connectivity index is 2.46. The Kier molecular flexibility index (Phi) is 4.32. The molecule has 0 spiro atoms. The molecule has 0 unspecified atom stereocenters. The number of ketones is 1. The highest BCUT2D eigenvalue weighted by molar-refractivity contribution is 5.76. The molecule has 1 aliphatic rings. The SMILES string of the molecule is CN[C@H](CC(C)C)[C@H]1[C@@H](C)[C@H]1CC(C)=O. The highest BCUT2D eigenvalue weighted by atomic mass is 16.1. The molecule has 88 valence electrons. The summed E-state index contributed by atoms with van der Waals surface area (Å²) in [6.45, 7) is 8.51. The summed E-state index contributed by atoms with van der Waals surface area (Å²) in [5, 5.41) is 3.42. The van der Waals surface area contributed by atoms with Crippen LogP contribution in [0, 0.1) is 23.7 Å². The number of rotatable bonds is 6.